The molecule has 2 amide bonds. The van der Waals surface area contributed by atoms with Crippen LogP contribution in [0.4, 0.5) is 5.69 Å². The highest BCUT2D eigenvalue weighted by Crippen LogP contribution is 2.31. The van der Waals surface area contributed by atoms with E-state index in [1.807, 2.05) is 19.1 Å². The molecule has 2 aliphatic carbocycles. The van der Waals surface area contributed by atoms with Gasteiger partial charge in [0.1, 0.15) is 0 Å². The summed E-state index contributed by atoms with van der Waals surface area (Å²) in [4.78, 5) is 25.2. The minimum atomic E-state index is 0.0230. The van der Waals surface area contributed by atoms with Gasteiger partial charge in [0, 0.05) is 23.6 Å². The number of aryl methyl sites for hydroxylation is 2. The van der Waals surface area contributed by atoms with Crippen LogP contribution in [0.3, 0.4) is 0 Å². The molecule has 26 heavy (non-hydrogen) atoms. The highest BCUT2D eigenvalue weighted by atomic mass is 16.2. The second kappa shape index (κ2) is 8.70. The zero-order valence-electron chi connectivity index (χ0n) is 16.1. The number of carbonyl (C=O) groups excluding carboxylic acids is 2. The Labute approximate surface area is 157 Å². The van der Waals surface area contributed by atoms with E-state index in [0.29, 0.717) is 6.04 Å². The van der Waals surface area contributed by atoms with Gasteiger partial charge in [-0.25, -0.2) is 0 Å². The Kier molecular flexibility index (Phi) is 6.33. The quantitative estimate of drug-likeness (QED) is 0.823. The molecule has 4 nitrogen and oxygen atoms in total. The standard InChI is InChI=1S/C22H32N2O2/c1-3-16-8-6-7-15(2)20(16)24-22(26)18-13-11-17(12-14-18)21(25)23-19-9-4-5-10-19/h6-8,17-19H,3-5,9-14H2,1-2H3,(H,23,25)(H,24,26). The monoisotopic (exact) mass is 356 g/mol. The van der Waals surface area contributed by atoms with Crippen LogP contribution in [0.5, 0.6) is 0 Å². The van der Waals surface area contributed by atoms with Gasteiger partial charge in [0.05, 0.1) is 0 Å². The predicted molar refractivity (Wildman–Crippen MR) is 105 cm³/mol. The molecule has 4 heteroatoms. The van der Waals surface area contributed by atoms with E-state index >= 15 is 0 Å². The third-order valence-corrected chi connectivity index (χ3v) is 6.16. The van der Waals surface area contributed by atoms with Crippen molar-refractivity contribution in [3.05, 3.63) is 29.3 Å². The van der Waals surface area contributed by atoms with Crippen molar-refractivity contribution in [3.8, 4) is 0 Å². The summed E-state index contributed by atoms with van der Waals surface area (Å²) in [5.41, 5.74) is 3.27. The van der Waals surface area contributed by atoms with E-state index in [4.69, 9.17) is 0 Å². The number of amides is 2. The van der Waals surface area contributed by atoms with Gasteiger partial charge in [-0.3, -0.25) is 9.59 Å². The minimum absolute atomic E-state index is 0.0230. The summed E-state index contributed by atoms with van der Waals surface area (Å²) in [6.45, 7) is 4.15. The smallest absolute Gasteiger partial charge is 0.227 e. The van der Waals surface area contributed by atoms with Gasteiger partial charge < -0.3 is 10.6 Å². The number of benzene rings is 1. The van der Waals surface area contributed by atoms with E-state index in [1.54, 1.807) is 0 Å². The van der Waals surface area contributed by atoms with E-state index in [2.05, 4.69) is 23.6 Å². The van der Waals surface area contributed by atoms with Crippen molar-refractivity contribution in [1.82, 2.24) is 5.32 Å². The lowest BCUT2D eigenvalue weighted by Gasteiger charge is -2.28. The van der Waals surface area contributed by atoms with Crippen LogP contribution in [0.1, 0.15) is 69.4 Å². The lowest BCUT2D eigenvalue weighted by atomic mass is 9.81. The van der Waals surface area contributed by atoms with Crippen molar-refractivity contribution < 1.29 is 9.59 Å². The Morgan fingerprint density at radius 1 is 0.962 bits per heavy atom. The highest BCUT2D eigenvalue weighted by Gasteiger charge is 2.31. The largest absolute Gasteiger partial charge is 0.353 e. The number of para-hydroxylation sites is 1. The van der Waals surface area contributed by atoms with Gasteiger partial charge >= 0.3 is 0 Å². The number of nitrogens with one attached hydrogen (secondary N) is 2. The van der Waals surface area contributed by atoms with Crippen molar-refractivity contribution >= 4 is 17.5 Å². The first-order chi connectivity index (χ1) is 12.6. The number of rotatable bonds is 5. The number of hydrogen-bond donors (Lipinski definition) is 2. The highest BCUT2D eigenvalue weighted by molar-refractivity contribution is 5.94. The van der Waals surface area contributed by atoms with Crippen LogP contribution in [0.25, 0.3) is 0 Å². The van der Waals surface area contributed by atoms with E-state index in [0.717, 1.165) is 56.2 Å². The van der Waals surface area contributed by atoms with Crippen molar-refractivity contribution in [2.24, 2.45) is 11.8 Å². The second-order valence-corrected chi connectivity index (χ2v) is 7.99. The molecule has 142 valence electrons. The third kappa shape index (κ3) is 4.46. The molecule has 3 rings (SSSR count). The fourth-order valence-electron chi connectivity index (χ4n) is 4.43. The van der Waals surface area contributed by atoms with Crippen molar-refractivity contribution in [2.75, 3.05) is 5.32 Å². The van der Waals surface area contributed by atoms with Crippen LogP contribution >= 0.6 is 0 Å². The molecule has 2 fully saturated rings. The molecule has 2 aliphatic rings. The zero-order valence-corrected chi connectivity index (χ0v) is 16.1. The van der Waals surface area contributed by atoms with Gasteiger partial charge in [-0.1, -0.05) is 38.0 Å². The average Bonchev–Trinajstić information content (AvgIpc) is 3.16. The van der Waals surface area contributed by atoms with Crippen molar-refractivity contribution in [2.45, 2.75) is 77.7 Å². The van der Waals surface area contributed by atoms with E-state index in [-0.39, 0.29) is 23.7 Å². The maximum Gasteiger partial charge on any atom is 0.227 e. The van der Waals surface area contributed by atoms with E-state index in [9.17, 15) is 9.59 Å². The Bertz CT molecular complexity index is 642. The summed E-state index contributed by atoms with van der Waals surface area (Å²) < 4.78 is 0. The molecule has 2 saturated carbocycles. The summed E-state index contributed by atoms with van der Waals surface area (Å²) in [5.74, 6) is 0.436. The van der Waals surface area contributed by atoms with Crippen LogP contribution in [-0.4, -0.2) is 17.9 Å². The summed E-state index contributed by atoms with van der Waals surface area (Å²) >= 11 is 0. The Morgan fingerprint density at radius 2 is 1.58 bits per heavy atom. The lowest BCUT2D eigenvalue weighted by Crippen LogP contribution is -2.39. The summed E-state index contributed by atoms with van der Waals surface area (Å²) in [6, 6.07) is 6.54. The van der Waals surface area contributed by atoms with Gasteiger partial charge in [-0.2, -0.15) is 0 Å². The third-order valence-electron chi connectivity index (χ3n) is 6.16. The molecule has 0 radical (unpaired) electrons. The first-order valence-electron chi connectivity index (χ1n) is 10.3. The fourth-order valence-corrected chi connectivity index (χ4v) is 4.43. The second-order valence-electron chi connectivity index (χ2n) is 7.99. The Morgan fingerprint density at radius 3 is 2.19 bits per heavy atom. The first kappa shape index (κ1) is 18.9. The van der Waals surface area contributed by atoms with Crippen molar-refractivity contribution in [3.63, 3.8) is 0 Å². The normalized spacial score (nSPS) is 23.6. The predicted octanol–water partition coefficient (Wildman–Crippen LogP) is 4.36. The van der Waals surface area contributed by atoms with E-state index < -0.39 is 0 Å². The lowest BCUT2D eigenvalue weighted by molar-refractivity contribution is -0.129. The summed E-state index contributed by atoms with van der Waals surface area (Å²) in [7, 11) is 0. The van der Waals surface area contributed by atoms with Crippen molar-refractivity contribution in [1.29, 1.82) is 0 Å². The van der Waals surface area contributed by atoms with Crippen LogP contribution in [0.15, 0.2) is 18.2 Å². The maximum absolute atomic E-state index is 12.7. The SMILES string of the molecule is CCc1cccc(C)c1NC(=O)C1CCC(C(=O)NC2CCCC2)CC1. The summed E-state index contributed by atoms with van der Waals surface area (Å²) in [6.07, 6.45) is 8.89. The fraction of sp³-hybridized carbons (Fsp3) is 0.636. The van der Waals surface area contributed by atoms with Crippen LogP contribution in [0, 0.1) is 18.8 Å². The number of hydrogen-bond acceptors (Lipinski definition) is 2. The van der Waals surface area contributed by atoms with Crippen LogP contribution < -0.4 is 10.6 Å². The van der Waals surface area contributed by atoms with Gasteiger partial charge in [-0.15, -0.1) is 0 Å². The molecule has 0 heterocycles. The molecule has 1 aromatic carbocycles. The molecule has 0 saturated heterocycles. The molecule has 0 spiro atoms. The topological polar surface area (TPSA) is 58.2 Å². The van der Waals surface area contributed by atoms with Gasteiger partial charge in [0.15, 0.2) is 0 Å². The molecular formula is C22H32N2O2. The molecule has 0 bridgehead atoms. The first-order valence-corrected chi connectivity index (χ1v) is 10.3. The van der Waals surface area contributed by atoms with Gasteiger partial charge in [0.25, 0.3) is 0 Å². The number of carbonyl (C=O) groups is 2. The zero-order chi connectivity index (χ0) is 18.5. The molecule has 0 unspecified atom stereocenters. The molecule has 1 aromatic rings. The van der Waals surface area contributed by atoms with E-state index in [1.165, 1.54) is 18.4 Å². The van der Waals surface area contributed by atoms with Crippen LogP contribution in [-0.2, 0) is 16.0 Å². The maximum atomic E-state index is 12.7. The Hall–Kier alpha value is -1.84. The van der Waals surface area contributed by atoms with Gasteiger partial charge in [-0.05, 0) is 63.0 Å². The summed E-state index contributed by atoms with van der Waals surface area (Å²) in [5, 5.41) is 6.38. The Balaban J connectivity index is 1.51. The molecular weight excluding hydrogens is 324 g/mol. The van der Waals surface area contributed by atoms with Gasteiger partial charge in [0.2, 0.25) is 11.8 Å². The minimum Gasteiger partial charge on any atom is -0.353 e. The van der Waals surface area contributed by atoms with Crippen LogP contribution in [0.2, 0.25) is 0 Å². The molecule has 0 aromatic heterocycles. The molecule has 0 aliphatic heterocycles. The number of anilines is 1. The average molecular weight is 357 g/mol. The molecule has 0 atom stereocenters. The molecule has 2 N–H and O–H groups in total.